The topological polar surface area (TPSA) is 88.6 Å². The van der Waals surface area contributed by atoms with Gasteiger partial charge in [0, 0.05) is 5.56 Å². The smallest absolute Gasteiger partial charge is 0.261 e. The molecular formula is C24H17N3O4S. The van der Waals surface area contributed by atoms with Gasteiger partial charge in [0.25, 0.3) is 17.7 Å². The van der Waals surface area contributed by atoms with E-state index >= 15 is 0 Å². The Hall–Kier alpha value is -4.04. The molecule has 158 valence electrons. The zero-order valence-electron chi connectivity index (χ0n) is 17.0. The number of anilines is 1. The lowest BCUT2D eigenvalue weighted by Crippen LogP contribution is -2.29. The molecule has 0 saturated carbocycles. The lowest BCUT2D eigenvalue weighted by atomic mass is 10.1. The number of amides is 3. The number of ether oxygens (including phenoxy) is 1. The number of methoxy groups -OCH3 is 1. The van der Waals surface area contributed by atoms with Crippen molar-refractivity contribution in [1.82, 2.24) is 9.88 Å². The van der Waals surface area contributed by atoms with Crippen molar-refractivity contribution >= 4 is 44.4 Å². The predicted molar refractivity (Wildman–Crippen MR) is 121 cm³/mol. The zero-order valence-corrected chi connectivity index (χ0v) is 17.8. The number of fused-ring (bicyclic) bond motifs is 2. The molecule has 1 aliphatic rings. The highest BCUT2D eigenvalue weighted by molar-refractivity contribution is 7.22. The van der Waals surface area contributed by atoms with Crippen LogP contribution in [-0.2, 0) is 6.54 Å². The van der Waals surface area contributed by atoms with Gasteiger partial charge in [0.1, 0.15) is 5.75 Å². The van der Waals surface area contributed by atoms with Crippen LogP contribution in [0.4, 0.5) is 5.13 Å². The molecule has 0 spiro atoms. The molecule has 0 atom stereocenters. The largest absolute Gasteiger partial charge is 0.497 e. The lowest BCUT2D eigenvalue weighted by Gasteiger charge is -2.14. The third-order valence-electron chi connectivity index (χ3n) is 5.25. The minimum Gasteiger partial charge on any atom is -0.497 e. The first-order valence-electron chi connectivity index (χ1n) is 9.83. The number of nitrogens with one attached hydrogen (secondary N) is 1. The molecule has 0 radical (unpaired) electrons. The van der Waals surface area contributed by atoms with Crippen LogP contribution >= 0.6 is 11.3 Å². The summed E-state index contributed by atoms with van der Waals surface area (Å²) in [6, 6.07) is 19.3. The third-order valence-corrected chi connectivity index (χ3v) is 6.20. The molecule has 3 aromatic carbocycles. The second kappa shape index (κ2) is 7.90. The van der Waals surface area contributed by atoms with Crippen molar-refractivity contribution in [3.63, 3.8) is 0 Å². The minimum absolute atomic E-state index is 0.142. The third kappa shape index (κ3) is 3.50. The number of carbonyl (C=O) groups excluding carboxylic acids is 3. The molecule has 0 bridgehead atoms. The molecule has 0 fully saturated rings. The van der Waals surface area contributed by atoms with E-state index in [0.717, 1.165) is 15.8 Å². The molecule has 2 heterocycles. The van der Waals surface area contributed by atoms with E-state index in [9.17, 15) is 14.4 Å². The number of hydrogen-bond donors (Lipinski definition) is 1. The molecule has 5 rings (SSSR count). The Balaban J connectivity index is 1.36. The lowest BCUT2D eigenvalue weighted by molar-refractivity contribution is 0.0642. The van der Waals surface area contributed by atoms with Crippen molar-refractivity contribution in [2.45, 2.75) is 6.54 Å². The maximum absolute atomic E-state index is 12.9. The molecule has 0 aliphatic carbocycles. The van der Waals surface area contributed by atoms with Crippen LogP contribution < -0.4 is 10.1 Å². The molecule has 0 saturated heterocycles. The van der Waals surface area contributed by atoms with E-state index in [0.29, 0.717) is 16.4 Å². The average molecular weight is 443 g/mol. The summed E-state index contributed by atoms with van der Waals surface area (Å²) in [6.45, 7) is 0.142. The number of nitrogens with zero attached hydrogens (tertiary/aromatic N) is 2. The van der Waals surface area contributed by atoms with Crippen LogP contribution in [0.1, 0.15) is 36.6 Å². The molecule has 3 amide bonds. The normalized spacial score (nSPS) is 12.8. The SMILES string of the molecule is COc1ccc(CN2C(=O)c3ccc(C(=O)Nc4nc5ccccc5s4)cc3C2=O)cc1. The number of aromatic nitrogens is 1. The fourth-order valence-corrected chi connectivity index (χ4v) is 4.44. The Bertz CT molecular complexity index is 1340. The molecule has 7 nitrogen and oxygen atoms in total. The molecular weight excluding hydrogens is 426 g/mol. The number of para-hydroxylation sites is 1. The highest BCUT2D eigenvalue weighted by atomic mass is 32.1. The van der Waals surface area contributed by atoms with E-state index in [1.165, 1.54) is 28.4 Å². The zero-order chi connectivity index (χ0) is 22.2. The first-order chi connectivity index (χ1) is 15.5. The van der Waals surface area contributed by atoms with Gasteiger partial charge in [-0.25, -0.2) is 4.98 Å². The van der Waals surface area contributed by atoms with Gasteiger partial charge in [0.2, 0.25) is 0 Å². The van der Waals surface area contributed by atoms with Crippen molar-refractivity contribution in [3.8, 4) is 5.75 Å². The number of benzene rings is 3. The molecule has 1 aliphatic heterocycles. The molecule has 0 unspecified atom stereocenters. The van der Waals surface area contributed by atoms with Gasteiger partial charge in [-0.2, -0.15) is 0 Å². The highest BCUT2D eigenvalue weighted by Gasteiger charge is 2.36. The van der Waals surface area contributed by atoms with E-state index in [-0.39, 0.29) is 29.5 Å². The van der Waals surface area contributed by atoms with Gasteiger partial charge in [-0.3, -0.25) is 24.6 Å². The Kier molecular flexibility index (Phi) is 4.91. The van der Waals surface area contributed by atoms with Crippen LogP contribution in [0, 0.1) is 0 Å². The van der Waals surface area contributed by atoms with E-state index in [2.05, 4.69) is 10.3 Å². The maximum Gasteiger partial charge on any atom is 0.261 e. The van der Waals surface area contributed by atoms with Gasteiger partial charge in [-0.15, -0.1) is 0 Å². The van der Waals surface area contributed by atoms with Crippen molar-refractivity contribution in [2.24, 2.45) is 0 Å². The first-order valence-corrected chi connectivity index (χ1v) is 10.7. The monoisotopic (exact) mass is 443 g/mol. The van der Waals surface area contributed by atoms with Gasteiger partial charge in [0.15, 0.2) is 5.13 Å². The molecule has 32 heavy (non-hydrogen) atoms. The van der Waals surface area contributed by atoms with Crippen molar-refractivity contribution in [1.29, 1.82) is 0 Å². The Labute approximate surface area is 187 Å². The van der Waals surface area contributed by atoms with Gasteiger partial charge in [0.05, 0.1) is 35.0 Å². The highest BCUT2D eigenvalue weighted by Crippen LogP contribution is 2.28. The van der Waals surface area contributed by atoms with Crippen molar-refractivity contribution in [2.75, 3.05) is 12.4 Å². The molecule has 4 aromatic rings. The summed E-state index contributed by atoms with van der Waals surface area (Å²) in [4.78, 5) is 44.0. The van der Waals surface area contributed by atoms with Crippen LogP contribution in [0.2, 0.25) is 0 Å². The number of carbonyl (C=O) groups is 3. The minimum atomic E-state index is -0.421. The first kappa shape index (κ1) is 19.9. The van der Waals surface area contributed by atoms with Gasteiger partial charge < -0.3 is 4.74 Å². The standard InChI is InChI=1S/C24H17N3O4S/c1-31-16-9-6-14(7-10-16)13-27-22(29)17-11-8-15(12-18(17)23(27)30)21(28)26-24-25-19-4-2-3-5-20(19)32-24/h2-12H,13H2,1H3,(H,25,26,28). The number of imide groups is 1. The van der Waals surface area contributed by atoms with Crippen LogP contribution in [0.3, 0.4) is 0 Å². The summed E-state index contributed by atoms with van der Waals surface area (Å²) in [7, 11) is 1.57. The molecule has 8 heteroatoms. The second-order valence-electron chi connectivity index (χ2n) is 7.25. The summed E-state index contributed by atoms with van der Waals surface area (Å²) < 4.78 is 6.10. The van der Waals surface area contributed by atoms with E-state index in [1.807, 2.05) is 24.3 Å². The van der Waals surface area contributed by atoms with Crippen LogP contribution in [0.5, 0.6) is 5.75 Å². The fraction of sp³-hybridized carbons (Fsp3) is 0.0833. The summed E-state index contributed by atoms with van der Waals surface area (Å²) in [5.74, 6) is -0.491. The van der Waals surface area contributed by atoms with Gasteiger partial charge >= 0.3 is 0 Å². The summed E-state index contributed by atoms with van der Waals surface area (Å²) in [5.41, 5.74) is 2.40. The van der Waals surface area contributed by atoms with Crippen molar-refractivity contribution in [3.05, 3.63) is 89.0 Å². The quantitative estimate of drug-likeness (QED) is 0.463. The Morgan fingerprint density at radius 2 is 1.75 bits per heavy atom. The number of hydrogen-bond acceptors (Lipinski definition) is 6. The van der Waals surface area contributed by atoms with Crippen LogP contribution in [0.25, 0.3) is 10.2 Å². The average Bonchev–Trinajstić information content (AvgIpc) is 3.33. The number of thiazole rings is 1. The number of rotatable bonds is 5. The Morgan fingerprint density at radius 3 is 2.50 bits per heavy atom. The summed E-state index contributed by atoms with van der Waals surface area (Å²) >= 11 is 1.37. The van der Waals surface area contributed by atoms with Gasteiger partial charge in [-0.05, 0) is 48.0 Å². The van der Waals surface area contributed by atoms with Crippen LogP contribution in [-0.4, -0.2) is 34.7 Å². The summed E-state index contributed by atoms with van der Waals surface area (Å²) in [6.07, 6.45) is 0. The van der Waals surface area contributed by atoms with Gasteiger partial charge in [-0.1, -0.05) is 35.6 Å². The predicted octanol–water partition coefficient (Wildman–Crippen LogP) is 4.35. The van der Waals surface area contributed by atoms with Crippen molar-refractivity contribution < 1.29 is 19.1 Å². The fourth-order valence-electron chi connectivity index (χ4n) is 3.58. The van der Waals surface area contributed by atoms with E-state index < -0.39 is 5.91 Å². The second-order valence-corrected chi connectivity index (χ2v) is 8.28. The molecule has 1 aromatic heterocycles. The molecule has 1 N–H and O–H groups in total. The maximum atomic E-state index is 12.9. The van der Waals surface area contributed by atoms with Crippen LogP contribution in [0.15, 0.2) is 66.7 Å². The van der Waals surface area contributed by atoms with E-state index in [1.54, 1.807) is 37.4 Å². The van der Waals surface area contributed by atoms with E-state index in [4.69, 9.17) is 4.74 Å². The summed E-state index contributed by atoms with van der Waals surface area (Å²) in [5, 5.41) is 3.25. The Morgan fingerprint density at radius 1 is 1.00 bits per heavy atom.